The minimum Gasteiger partial charge on any atom is -0.398 e. The number of aryl methyl sites for hydroxylation is 2. The first-order chi connectivity index (χ1) is 9.10. The van der Waals surface area contributed by atoms with E-state index in [1.54, 1.807) is 24.5 Å². The lowest BCUT2D eigenvalue weighted by Gasteiger charge is -2.08. The van der Waals surface area contributed by atoms with Crippen LogP contribution < -0.4 is 11.1 Å². The van der Waals surface area contributed by atoms with Gasteiger partial charge in [-0.1, -0.05) is 13.0 Å². The monoisotopic (exact) mass is 255 g/mol. The Balaban J connectivity index is 2.17. The Bertz CT molecular complexity index is 608. The summed E-state index contributed by atoms with van der Waals surface area (Å²) in [4.78, 5) is 16.0. The summed E-state index contributed by atoms with van der Waals surface area (Å²) in [5.41, 5.74) is 9.87. The van der Waals surface area contributed by atoms with Gasteiger partial charge in [0.2, 0.25) is 0 Å². The molecule has 0 radical (unpaired) electrons. The Hall–Kier alpha value is -2.36. The second-order valence-electron chi connectivity index (χ2n) is 4.47. The van der Waals surface area contributed by atoms with Gasteiger partial charge in [0.25, 0.3) is 5.91 Å². The third-order valence-electron chi connectivity index (χ3n) is 2.92. The number of nitrogen functional groups attached to an aromatic ring is 1. The minimum absolute atomic E-state index is 0.181. The lowest BCUT2D eigenvalue weighted by molar-refractivity contribution is 0.102. The lowest BCUT2D eigenvalue weighted by atomic mass is 10.1. The summed E-state index contributed by atoms with van der Waals surface area (Å²) >= 11 is 0. The molecule has 19 heavy (non-hydrogen) atoms. The van der Waals surface area contributed by atoms with Crippen LogP contribution in [0, 0.1) is 6.92 Å². The smallest absolute Gasteiger partial charge is 0.257 e. The molecule has 4 heteroatoms. The fraction of sp³-hybridized carbons (Fsp3) is 0.200. The number of nitrogens with two attached hydrogens (primary N) is 1. The van der Waals surface area contributed by atoms with Crippen molar-refractivity contribution in [1.82, 2.24) is 4.98 Å². The number of hydrogen-bond donors (Lipinski definition) is 2. The summed E-state index contributed by atoms with van der Waals surface area (Å²) in [6, 6.07) is 7.36. The van der Waals surface area contributed by atoms with Gasteiger partial charge in [0.1, 0.15) is 0 Å². The van der Waals surface area contributed by atoms with Crippen LogP contribution in [0.1, 0.15) is 28.4 Å². The number of nitrogens with zero attached hydrogens (tertiary/aromatic N) is 1. The van der Waals surface area contributed by atoms with E-state index in [2.05, 4.69) is 10.3 Å². The molecule has 0 spiro atoms. The topological polar surface area (TPSA) is 68.0 Å². The Labute approximate surface area is 112 Å². The van der Waals surface area contributed by atoms with Gasteiger partial charge in [0, 0.05) is 23.8 Å². The van der Waals surface area contributed by atoms with Crippen molar-refractivity contribution in [2.75, 3.05) is 11.1 Å². The molecule has 0 aliphatic heterocycles. The summed E-state index contributed by atoms with van der Waals surface area (Å²) in [5.74, 6) is -0.181. The van der Waals surface area contributed by atoms with Crippen LogP contribution in [0.15, 0.2) is 36.7 Å². The van der Waals surface area contributed by atoms with Crippen LogP contribution in [0.3, 0.4) is 0 Å². The van der Waals surface area contributed by atoms with Crippen LogP contribution >= 0.6 is 0 Å². The molecular weight excluding hydrogens is 238 g/mol. The number of aromatic nitrogens is 1. The molecule has 98 valence electrons. The minimum atomic E-state index is -0.181. The van der Waals surface area contributed by atoms with Crippen LogP contribution in [-0.2, 0) is 6.42 Å². The molecule has 0 aliphatic rings. The van der Waals surface area contributed by atoms with E-state index in [-0.39, 0.29) is 5.91 Å². The van der Waals surface area contributed by atoms with Gasteiger partial charge in [-0.25, -0.2) is 0 Å². The van der Waals surface area contributed by atoms with Gasteiger partial charge >= 0.3 is 0 Å². The molecule has 1 aromatic carbocycles. The Kier molecular flexibility index (Phi) is 3.80. The molecule has 0 unspecified atom stereocenters. The van der Waals surface area contributed by atoms with Crippen LogP contribution in [0.2, 0.25) is 0 Å². The van der Waals surface area contributed by atoms with Gasteiger partial charge in [-0.3, -0.25) is 9.78 Å². The molecule has 2 aromatic rings. The molecule has 4 nitrogen and oxygen atoms in total. The highest BCUT2D eigenvalue weighted by molar-refractivity contribution is 6.04. The number of pyridine rings is 1. The number of amides is 1. The van der Waals surface area contributed by atoms with Crippen molar-refractivity contribution >= 4 is 17.3 Å². The van der Waals surface area contributed by atoms with E-state index in [0.717, 1.165) is 17.5 Å². The third kappa shape index (κ3) is 3.10. The Morgan fingerprint density at radius 3 is 2.74 bits per heavy atom. The summed E-state index contributed by atoms with van der Waals surface area (Å²) in [6.45, 7) is 3.94. The second kappa shape index (κ2) is 5.52. The highest BCUT2D eigenvalue weighted by Gasteiger charge is 2.07. The Morgan fingerprint density at radius 2 is 2.11 bits per heavy atom. The van der Waals surface area contributed by atoms with Crippen molar-refractivity contribution < 1.29 is 4.79 Å². The molecular formula is C15H17N3O. The van der Waals surface area contributed by atoms with Crippen molar-refractivity contribution in [2.45, 2.75) is 20.3 Å². The van der Waals surface area contributed by atoms with Crippen LogP contribution in [0.4, 0.5) is 11.4 Å². The fourth-order valence-electron chi connectivity index (χ4n) is 1.88. The first-order valence-corrected chi connectivity index (χ1v) is 6.21. The molecule has 0 aliphatic carbocycles. The van der Waals surface area contributed by atoms with E-state index >= 15 is 0 Å². The van der Waals surface area contributed by atoms with Crippen LogP contribution in [0.5, 0.6) is 0 Å². The van der Waals surface area contributed by atoms with Crippen molar-refractivity contribution in [3.63, 3.8) is 0 Å². The molecule has 1 heterocycles. The highest BCUT2D eigenvalue weighted by atomic mass is 16.1. The second-order valence-corrected chi connectivity index (χ2v) is 4.47. The zero-order chi connectivity index (χ0) is 13.8. The number of benzene rings is 1. The fourth-order valence-corrected chi connectivity index (χ4v) is 1.88. The van der Waals surface area contributed by atoms with Gasteiger partial charge < -0.3 is 11.1 Å². The van der Waals surface area contributed by atoms with Gasteiger partial charge in [0.05, 0.1) is 5.56 Å². The summed E-state index contributed by atoms with van der Waals surface area (Å²) in [7, 11) is 0. The maximum absolute atomic E-state index is 12.0. The van der Waals surface area contributed by atoms with Crippen molar-refractivity contribution in [3.8, 4) is 0 Å². The van der Waals surface area contributed by atoms with E-state index in [4.69, 9.17) is 5.73 Å². The van der Waals surface area contributed by atoms with Crippen LogP contribution in [-0.4, -0.2) is 10.9 Å². The van der Waals surface area contributed by atoms with Crippen molar-refractivity contribution in [2.24, 2.45) is 0 Å². The number of hydrogen-bond acceptors (Lipinski definition) is 3. The molecule has 1 amide bonds. The summed E-state index contributed by atoms with van der Waals surface area (Å²) < 4.78 is 0. The zero-order valence-corrected chi connectivity index (χ0v) is 11.1. The molecule has 0 atom stereocenters. The predicted molar refractivity (Wildman–Crippen MR) is 77.2 cm³/mol. The Morgan fingerprint density at radius 1 is 1.32 bits per heavy atom. The normalized spacial score (nSPS) is 10.2. The standard InChI is InChI=1S/C15H17N3O/c1-3-11-4-5-13(7-14(11)16)18-15(19)12-6-10(2)8-17-9-12/h4-9H,3,16H2,1-2H3,(H,18,19). The van der Waals surface area contributed by atoms with Gasteiger partial charge in [-0.2, -0.15) is 0 Å². The van der Waals surface area contributed by atoms with Crippen molar-refractivity contribution in [1.29, 1.82) is 0 Å². The molecule has 0 saturated heterocycles. The average molecular weight is 255 g/mol. The van der Waals surface area contributed by atoms with E-state index < -0.39 is 0 Å². The maximum atomic E-state index is 12.0. The first kappa shape index (κ1) is 13.1. The maximum Gasteiger partial charge on any atom is 0.257 e. The molecule has 0 bridgehead atoms. The molecule has 0 fully saturated rings. The van der Waals surface area contributed by atoms with Crippen LogP contribution in [0.25, 0.3) is 0 Å². The molecule has 3 N–H and O–H groups in total. The molecule has 0 saturated carbocycles. The number of anilines is 2. The number of rotatable bonds is 3. The third-order valence-corrected chi connectivity index (χ3v) is 2.92. The molecule has 2 rings (SSSR count). The van der Waals surface area contributed by atoms with E-state index in [0.29, 0.717) is 16.9 Å². The average Bonchev–Trinajstić information content (AvgIpc) is 2.39. The van der Waals surface area contributed by atoms with E-state index in [9.17, 15) is 4.79 Å². The lowest BCUT2D eigenvalue weighted by Crippen LogP contribution is -2.12. The number of carbonyl (C=O) groups is 1. The summed E-state index contributed by atoms with van der Waals surface area (Å²) in [5, 5.41) is 2.82. The van der Waals surface area contributed by atoms with Gasteiger partial charge in [-0.15, -0.1) is 0 Å². The van der Waals surface area contributed by atoms with Gasteiger partial charge in [-0.05, 0) is 42.7 Å². The summed E-state index contributed by atoms with van der Waals surface area (Å²) in [6.07, 6.45) is 4.14. The van der Waals surface area contributed by atoms with Crippen molar-refractivity contribution in [3.05, 3.63) is 53.3 Å². The number of carbonyl (C=O) groups excluding carboxylic acids is 1. The van der Waals surface area contributed by atoms with E-state index in [1.165, 1.54) is 0 Å². The number of nitrogens with one attached hydrogen (secondary N) is 1. The highest BCUT2D eigenvalue weighted by Crippen LogP contribution is 2.19. The van der Waals surface area contributed by atoms with E-state index in [1.807, 2.05) is 26.0 Å². The zero-order valence-electron chi connectivity index (χ0n) is 11.1. The SMILES string of the molecule is CCc1ccc(NC(=O)c2cncc(C)c2)cc1N. The van der Waals surface area contributed by atoms with Gasteiger partial charge in [0.15, 0.2) is 0 Å². The quantitative estimate of drug-likeness (QED) is 0.829. The molecule has 1 aromatic heterocycles. The predicted octanol–water partition coefficient (Wildman–Crippen LogP) is 2.79. The first-order valence-electron chi connectivity index (χ1n) is 6.21. The largest absolute Gasteiger partial charge is 0.398 e.